The van der Waals surface area contributed by atoms with Gasteiger partial charge in [0.25, 0.3) is 5.91 Å². The summed E-state index contributed by atoms with van der Waals surface area (Å²) < 4.78 is 5.58. The van der Waals surface area contributed by atoms with E-state index in [9.17, 15) is 4.79 Å². The fourth-order valence-electron chi connectivity index (χ4n) is 2.50. The van der Waals surface area contributed by atoms with Crippen LogP contribution in [-0.2, 0) is 6.42 Å². The number of aromatic nitrogens is 1. The number of carbonyl (C=O) groups excluding carboxylic acids is 1. The second-order valence-electron chi connectivity index (χ2n) is 5.99. The topological polar surface area (TPSA) is 77.2 Å². The number of amides is 1. The third kappa shape index (κ3) is 5.06. The lowest BCUT2D eigenvalue weighted by atomic mass is 10.1. The van der Waals surface area contributed by atoms with Crippen molar-refractivity contribution in [2.75, 3.05) is 13.2 Å². The molecule has 0 bridgehead atoms. The van der Waals surface area contributed by atoms with Gasteiger partial charge in [-0.05, 0) is 45.0 Å². The fraction of sp³-hybridized carbons (Fsp3) is 0.368. The second kappa shape index (κ2) is 8.45. The van der Waals surface area contributed by atoms with Crippen LogP contribution in [0.1, 0.15) is 34.2 Å². The van der Waals surface area contributed by atoms with Crippen molar-refractivity contribution < 1.29 is 9.53 Å². The summed E-state index contributed by atoms with van der Waals surface area (Å²) in [5, 5.41) is 3.02. The van der Waals surface area contributed by atoms with Crippen LogP contribution in [0.2, 0.25) is 0 Å². The molecule has 0 aliphatic rings. The molecule has 0 spiro atoms. The first-order chi connectivity index (χ1) is 11.5. The summed E-state index contributed by atoms with van der Waals surface area (Å²) in [6, 6.07) is 11.4. The number of nitrogens with one attached hydrogen (secondary N) is 1. The zero-order valence-electron chi connectivity index (χ0n) is 14.5. The number of carbonyl (C=O) groups is 1. The van der Waals surface area contributed by atoms with Gasteiger partial charge in [0.15, 0.2) is 0 Å². The first kappa shape index (κ1) is 17.9. The van der Waals surface area contributed by atoms with Crippen molar-refractivity contribution in [3.63, 3.8) is 0 Å². The van der Waals surface area contributed by atoms with Gasteiger partial charge in [0, 0.05) is 30.4 Å². The van der Waals surface area contributed by atoms with Crippen LogP contribution >= 0.6 is 0 Å². The average Bonchev–Trinajstić information content (AvgIpc) is 2.53. The van der Waals surface area contributed by atoms with E-state index in [1.54, 1.807) is 0 Å². The third-order valence-corrected chi connectivity index (χ3v) is 3.59. The van der Waals surface area contributed by atoms with Gasteiger partial charge in [-0.2, -0.15) is 0 Å². The van der Waals surface area contributed by atoms with Gasteiger partial charge < -0.3 is 15.8 Å². The van der Waals surface area contributed by atoms with Crippen LogP contribution in [0.4, 0.5) is 0 Å². The largest absolute Gasteiger partial charge is 0.491 e. The monoisotopic (exact) mass is 327 g/mol. The molecule has 5 nitrogen and oxygen atoms in total. The zero-order valence-corrected chi connectivity index (χ0v) is 14.5. The van der Waals surface area contributed by atoms with Crippen LogP contribution in [-0.4, -0.2) is 30.1 Å². The summed E-state index contributed by atoms with van der Waals surface area (Å²) in [7, 11) is 0. The van der Waals surface area contributed by atoms with E-state index in [0.717, 1.165) is 17.0 Å². The molecule has 0 saturated carbocycles. The Morgan fingerprint density at radius 1 is 1.29 bits per heavy atom. The van der Waals surface area contributed by atoms with Gasteiger partial charge in [0.1, 0.15) is 12.4 Å². The van der Waals surface area contributed by atoms with E-state index in [-0.39, 0.29) is 11.9 Å². The number of hydrogen-bond donors (Lipinski definition) is 2. The van der Waals surface area contributed by atoms with Gasteiger partial charge in [-0.1, -0.05) is 17.7 Å². The molecule has 3 N–H and O–H groups in total. The van der Waals surface area contributed by atoms with Gasteiger partial charge in [-0.25, -0.2) is 0 Å². The smallest absolute Gasteiger partial charge is 0.255 e. The molecule has 1 heterocycles. The Morgan fingerprint density at radius 3 is 2.79 bits per heavy atom. The SMILES string of the molecule is Cc1ccc(OCCN)c(C(=O)NC(C)Cc2cccc(C)n2)c1. The van der Waals surface area contributed by atoms with E-state index in [4.69, 9.17) is 10.5 Å². The van der Waals surface area contributed by atoms with Gasteiger partial charge in [-0.3, -0.25) is 9.78 Å². The zero-order chi connectivity index (χ0) is 17.5. The Hall–Kier alpha value is -2.40. The number of nitrogens with zero attached hydrogens (tertiary/aromatic N) is 1. The minimum absolute atomic E-state index is 0.0327. The molecule has 0 fully saturated rings. The van der Waals surface area contributed by atoms with Crippen molar-refractivity contribution in [3.8, 4) is 5.75 Å². The first-order valence-corrected chi connectivity index (χ1v) is 8.16. The Labute approximate surface area is 143 Å². The number of aryl methyl sites for hydroxylation is 2. The summed E-state index contributed by atoms with van der Waals surface area (Å²) in [6.07, 6.45) is 0.679. The lowest BCUT2D eigenvalue weighted by Crippen LogP contribution is -2.34. The molecule has 2 rings (SSSR count). The van der Waals surface area contributed by atoms with Crippen molar-refractivity contribution in [2.45, 2.75) is 33.2 Å². The van der Waals surface area contributed by atoms with Crippen LogP contribution in [0.15, 0.2) is 36.4 Å². The highest BCUT2D eigenvalue weighted by molar-refractivity contribution is 5.97. The fourth-order valence-corrected chi connectivity index (χ4v) is 2.50. The van der Waals surface area contributed by atoms with E-state index in [2.05, 4.69) is 10.3 Å². The quantitative estimate of drug-likeness (QED) is 0.818. The molecule has 1 unspecified atom stereocenters. The van der Waals surface area contributed by atoms with Gasteiger partial charge in [-0.15, -0.1) is 0 Å². The van der Waals surface area contributed by atoms with Gasteiger partial charge in [0.05, 0.1) is 5.56 Å². The number of benzene rings is 1. The number of hydrogen-bond acceptors (Lipinski definition) is 4. The van der Waals surface area contributed by atoms with Crippen LogP contribution in [0, 0.1) is 13.8 Å². The maximum absolute atomic E-state index is 12.6. The highest BCUT2D eigenvalue weighted by Crippen LogP contribution is 2.20. The normalized spacial score (nSPS) is 11.8. The van der Waals surface area contributed by atoms with Gasteiger partial charge >= 0.3 is 0 Å². The maximum atomic E-state index is 12.6. The Bertz CT molecular complexity index is 701. The van der Waals surface area contributed by atoms with Crippen molar-refractivity contribution >= 4 is 5.91 Å². The maximum Gasteiger partial charge on any atom is 0.255 e. The second-order valence-corrected chi connectivity index (χ2v) is 5.99. The van der Waals surface area contributed by atoms with Crippen molar-refractivity contribution in [1.29, 1.82) is 0 Å². The van der Waals surface area contributed by atoms with Gasteiger partial charge in [0.2, 0.25) is 0 Å². The molecule has 5 heteroatoms. The lowest BCUT2D eigenvalue weighted by molar-refractivity contribution is 0.0936. The molecule has 1 amide bonds. The predicted octanol–water partition coefficient (Wildman–Crippen LogP) is 2.40. The molecule has 0 radical (unpaired) electrons. The summed E-state index contributed by atoms with van der Waals surface area (Å²) in [6.45, 7) is 6.67. The van der Waals surface area contributed by atoms with E-state index >= 15 is 0 Å². The van der Waals surface area contributed by atoms with Crippen molar-refractivity contribution in [2.24, 2.45) is 5.73 Å². The number of pyridine rings is 1. The standard InChI is InChI=1S/C19H25N3O2/c1-13-7-8-18(24-10-9-20)17(11-13)19(23)22-15(3)12-16-6-4-5-14(2)21-16/h4-8,11,15H,9-10,12,20H2,1-3H3,(H,22,23). The molecular formula is C19H25N3O2. The van der Waals surface area contributed by atoms with Crippen LogP contribution in [0.3, 0.4) is 0 Å². The Balaban J connectivity index is 2.07. The Morgan fingerprint density at radius 2 is 2.08 bits per heavy atom. The molecule has 128 valence electrons. The summed E-state index contributed by atoms with van der Waals surface area (Å²) in [5.74, 6) is 0.412. The van der Waals surface area contributed by atoms with E-state index < -0.39 is 0 Å². The molecule has 1 atom stereocenters. The summed E-state index contributed by atoms with van der Waals surface area (Å²) in [4.78, 5) is 17.1. The molecule has 1 aromatic heterocycles. The highest BCUT2D eigenvalue weighted by Gasteiger charge is 2.16. The molecule has 0 aliphatic heterocycles. The van der Waals surface area contributed by atoms with E-state index in [0.29, 0.717) is 30.9 Å². The van der Waals surface area contributed by atoms with Crippen molar-refractivity contribution in [1.82, 2.24) is 10.3 Å². The number of nitrogens with two attached hydrogens (primary N) is 1. The van der Waals surface area contributed by atoms with Crippen LogP contribution < -0.4 is 15.8 Å². The minimum Gasteiger partial charge on any atom is -0.491 e. The Kier molecular flexibility index (Phi) is 6.32. The lowest BCUT2D eigenvalue weighted by Gasteiger charge is -2.16. The van der Waals surface area contributed by atoms with Crippen LogP contribution in [0.5, 0.6) is 5.75 Å². The number of rotatable bonds is 7. The molecule has 1 aromatic carbocycles. The van der Waals surface area contributed by atoms with E-state index in [1.807, 2.05) is 57.2 Å². The minimum atomic E-state index is -0.147. The molecular weight excluding hydrogens is 302 g/mol. The number of ether oxygens (including phenoxy) is 1. The summed E-state index contributed by atoms with van der Waals surface area (Å²) in [5.41, 5.74) is 8.96. The third-order valence-electron chi connectivity index (χ3n) is 3.59. The van der Waals surface area contributed by atoms with Crippen LogP contribution in [0.25, 0.3) is 0 Å². The first-order valence-electron chi connectivity index (χ1n) is 8.16. The molecule has 2 aromatic rings. The summed E-state index contributed by atoms with van der Waals surface area (Å²) >= 11 is 0. The highest BCUT2D eigenvalue weighted by atomic mass is 16.5. The predicted molar refractivity (Wildman–Crippen MR) is 95.3 cm³/mol. The van der Waals surface area contributed by atoms with E-state index in [1.165, 1.54) is 0 Å². The molecule has 0 aliphatic carbocycles. The molecule has 24 heavy (non-hydrogen) atoms. The van der Waals surface area contributed by atoms with Crippen molar-refractivity contribution in [3.05, 3.63) is 58.9 Å². The molecule has 0 saturated heterocycles. The average molecular weight is 327 g/mol.